The Morgan fingerprint density at radius 2 is 1.87 bits per heavy atom. The molecule has 0 fully saturated rings. The van der Waals surface area contributed by atoms with Gasteiger partial charge in [-0.2, -0.15) is 9.61 Å². The number of urea groups is 1. The Hall–Kier alpha value is -3.72. The Labute approximate surface area is 176 Å². The number of benzene rings is 2. The van der Waals surface area contributed by atoms with E-state index in [1.807, 2.05) is 55.5 Å². The van der Waals surface area contributed by atoms with E-state index < -0.39 is 0 Å². The van der Waals surface area contributed by atoms with Gasteiger partial charge in [-0.25, -0.2) is 9.78 Å². The lowest BCUT2D eigenvalue weighted by atomic mass is 10.2. The number of hydrogen-bond donors (Lipinski definition) is 2. The minimum atomic E-state index is -0.371. The van der Waals surface area contributed by atoms with Crippen molar-refractivity contribution in [3.63, 3.8) is 0 Å². The van der Waals surface area contributed by atoms with Crippen LogP contribution in [0.2, 0.25) is 0 Å². The zero-order valence-electron chi connectivity index (χ0n) is 16.4. The first-order valence-electron chi connectivity index (χ1n) is 9.17. The smallest absolute Gasteiger partial charge is 0.319 e. The molecule has 2 aromatic heterocycles. The molecule has 0 aliphatic heterocycles. The zero-order valence-corrected chi connectivity index (χ0v) is 17.2. The lowest BCUT2D eigenvalue weighted by Crippen LogP contribution is -2.29. The first-order valence-corrected chi connectivity index (χ1v) is 9.99. The Balaban J connectivity index is 1.48. The number of ether oxygens (including phenoxy) is 1. The molecule has 0 bridgehead atoms. The van der Waals surface area contributed by atoms with Crippen molar-refractivity contribution in [2.45, 2.75) is 13.5 Å². The third-order valence-electron chi connectivity index (χ3n) is 4.37. The molecule has 2 aromatic carbocycles. The molecule has 0 radical (unpaired) electrons. The summed E-state index contributed by atoms with van der Waals surface area (Å²) in [4.78, 5) is 29.5. The number of aryl methyl sites for hydroxylation is 1. The van der Waals surface area contributed by atoms with Crippen molar-refractivity contribution in [2.24, 2.45) is 0 Å². The van der Waals surface area contributed by atoms with Gasteiger partial charge in [0.1, 0.15) is 10.8 Å². The van der Waals surface area contributed by atoms with Crippen LogP contribution in [0.3, 0.4) is 0 Å². The molecule has 4 rings (SSSR count). The Bertz CT molecular complexity index is 1250. The fourth-order valence-corrected chi connectivity index (χ4v) is 3.71. The first kappa shape index (κ1) is 19.6. The maximum absolute atomic E-state index is 12.4. The average molecular weight is 421 g/mol. The van der Waals surface area contributed by atoms with E-state index in [-0.39, 0.29) is 18.1 Å². The summed E-state index contributed by atoms with van der Waals surface area (Å²) < 4.78 is 6.43. The van der Waals surface area contributed by atoms with Crippen LogP contribution in [0, 0.1) is 6.92 Å². The highest BCUT2D eigenvalue weighted by atomic mass is 32.1. The number of carbonyl (C=O) groups is 1. The van der Waals surface area contributed by atoms with E-state index >= 15 is 0 Å². The Morgan fingerprint density at radius 3 is 2.57 bits per heavy atom. The number of hydrogen-bond acceptors (Lipinski definition) is 6. The number of rotatable bonds is 5. The van der Waals surface area contributed by atoms with Crippen LogP contribution >= 0.6 is 11.3 Å². The largest absolute Gasteiger partial charge is 0.497 e. The zero-order chi connectivity index (χ0) is 21.1. The second-order valence-electron chi connectivity index (χ2n) is 6.59. The molecule has 152 valence electrons. The molecular formula is C21H19N5O3S. The summed E-state index contributed by atoms with van der Waals surface area (Å²) in [6, 6.07) is 15.9. The number of methoxy groups -OCH3 is 1. The van der Waals surface area contributed by atoms with Crippen LogP contribution in [-0.4, -0.2) is 27.7 Å². The highest BCUT2D eigenvalue weighted by Gasteiger charge is 2.11. The van der Waals surface area contributed by atoms with Crippen LogP contribution in [0.4, 0.5) is 10.5 Å². The molecule has 0 unspecified atom stereocenters. The quantitative estimate of drug-likeness (QED) is 0.514. The van der Waals surface area contributed by atoms with E-state index in [0.29, 0.717) is 21.3 Å². The van der Waals surface area contributed by atoms with Crippen LogP contribution in [0.1, 0.15) is 11.3 Å². The number of aromatic nitrogens is 3. The number of carbonyl (C=O) groups excluding carboxylic acids is 1. The molecule has 4 aromatic rings. The maximum Gasteiger partial charge on any atom is 0.319 e. The number of anilines is 1. The summed E-state index contributed by atoms with van der Waals surface area (Å²) >= 11 is 1.30. The van der Waals surface area contributed by atoms with Crippen molar-refractivity contribution in [3.8, 4) is 16.3 Å². The van der Waals surface area contributed by atoms with E-state index in [9.17, 15) is 9.59 Å². The van der Waals surface area contributed by atoms with Gasteiger partial charge in [-0.05, 0) is 43.3 Å². The third-order valence-corrected chi connectivity index (χ3v) is 5.33. The summed E-state index contributed by atoms with van der Waals surface area (Å²) in [7, 11) is 1.60. The molecule has 8 nitrogen and oxygen atoms in total. The van der Waals surface area contributed by atoms with Gasteiger partial charge in [0.05, 0.1) is 19.3 Å². The van der Waals surface area contributed by atoms with Crippen LogP contribution < -0.4 is 20.9 Å². The lowest BCUT2D eigenvalue weighted by molar-refractivity contribution is 0.251. The second-order valence-corrected chi connectivity index (χ2v) is 7.55. The molecule has 2 heterocycles. The standard InChI is InChI=1S/C21H19N5O3S/c1-13-3-7-15(8-4-13)23-20(28)22-12-16-11-18(27)26-21(24-16)30-19(25-26)14-5-9-17(29-2)10-6-14/h3-11H,12H2,1-2H3,(H2,22,23,28). The van der Waals surface area contributed by atoms with Crippen molar-refractivity contribution in [1.29, 1.82) is 0 Å². The van der Waals surface area contributed by atoms with E-state index in [2.05, 4.69) is 20.7 Å². The lowest BCUT2D eigenvalue weighted by Gasteiger charge is -2.07. The van der Waals surface area contributed by atoms with Gasteiger partial charge >= 0.3 is 6.03 Å². The van der Waals surface area contributed by atoms with Crippen LogP contribution in [0.5, 0.6) is 5.75 Å². The average Bonchev–Trinajstić information content (AvgIpc) is 3.19. The number of amides is 2. The van der Waals surface area contributed by atoms with E-state index in [4.69, 9.17) is 4.74 Å². The van der Waals surface area contributed by atoms with Gasteiger partial charge in [-0.15, -0.1) is 0 Å². The summed E-state index contributed by atoms with van der Waals surface area (Å²) in [6.45, 7) is 2.10. The summed E-state index contributed by atoms with van der Waals surface area (Å²) in [6.07, 6.45) is 0. The maximum atomic E-state index is 12.4. The highest BCUT2D eigenvalue weighted by Crippen LogP contribution is 2.26. The normalized spacial score (nSPS) is 10.7. The highest BCUT2D eigenvalue weighted by molar-refractivity contribution is 7.19. The van der Waals surface area contributed by atoms with E-state index in [1.54, 1.807) is 7.11 Å². The molecule has 0 aliphatic rings. The van der Waals surface area contributed by atoms with Crippen molar-refractivity contribution < 1.29 is 9.53 Å². The second kappa shape index (κ2) is 8.34. The number of nitrogens with one attached hydrogen (secondary N) is 2. The summed E-state index contributed by atoms with van der Waals surface area (Å²) in [5.41, 5.74) is 2.82. The molecule has 2 amide bonds. The molecular weight excluding hydrogens is 402 g/mol. The fraction of sp³-hybridized carbons (Fsp3) is 0.143. The summed E-state index contributed by atoms with van der Waals surface area (Å²) in [5.74, 6) is 0.743. The van der Waals surface area contributed by atoms with Crippen molar-refractivity contribution in [1.82, 2.24) is 19.9 Å². The predicted octanol–water partition coefficient (Wildman–Crippen LogP) is 3.46. The van der Waals surface area contributed by atoms with Gasteiger partial charge in [-0.3, -0.25) is 4.79 Å². The van der Waals surface area contributed by atoms with Gasteiger partial charge in [0.25, 0.3) is 5.56 Å². The SMILES string of the molecule is COc1ccc(-c2nn3c(=O)cc(CNC(=O)Nc4ccc(C)cc4)nc3s2)cc1. The number of nitrogens with zero attached hydrogens (tertiary/aromatic N) is 3. The molecule has 2 N–H and O–H groups in total. The van der Waals surface area contributed by atoms with Crippen molar-refractivity contribution >= 4 is 28.0 Å². The monoisotopic (exact) mass is 421 g/mol. The van der Waals surface area contributed by atoms with Crippen molar-refractivity contribution in [2.75, 3.05) is 12.4 Å². The molecule has 9 heteroatoms. The van der Waals surface area contributed by atoms with Crippen molar-refractivity contribution in [3.05, 3.63) is 76.2 Å². The molecule has 0 spiro atoms. The summed E-state index contributed by atoms with van der Waals surface area (Å²) in [5, 5.41) is 10.5. The van der Waals surface area contributed by atoms with Gasteiger partial charge < -0.3 is 15.4 Å². The molecule has 0 saturated heterocycles. The first-order chi connectivity index (χ1) is 14.5. The Kier molecular flexibility index (Phi) is 5.44. The molecule has 0 aliphatic carbocycles. The topological polar surface area (TPSA) is 97.6 Å². The van der Waals surface area contributed by atoms with Crippen LogP contribution in [-0.2, 0) is 6.54 Å². The fourth-order valence-electron chi connectivity index (χ4n) is 2.78. The molecule has 30 heavy (non-hydrogen) atoms. The predicted molar refractivity (Wildman–Crippen MR) is 116 cm³/mol. The minimum absolute atomic E-state index is 0.124. The van der Waals surface area contributed by atoms with Gasteiger partial charge in [0, 0.05) is 17.3 Å². The van der Waals surface area contributed by atoms with Gasteiger partial charge in [0.2, 0.25) is 4.96 Å². The van der Waals surface area contributed by atoms with Crippen LogP contribution in [0.15, 0.2) is 59.4 Å². The minimum Gasteiger partial charge on any atom is -0.497 e. The third kappa shape index (κ3) is 4.31. The Morgan fingerprint density at radius 1 is 1.13 bits per heavy atom. The van der Waals surface area contributed by atoms with E-state index in [0.717, 1.165) is 16.9 Å². The van der Waals surface area contributed by atoms with Crippen LogP contribution in [0.25, 0.3) is 15.5 Å². The van der Waals surface area contributed by atoms with Gasteiger partial charge in [0.15, 0.2) is 0 Å². The van der Waals surface area contributed by atoms with E-state index in [1.165, 1.54) is 21.9 Å². The number of fused-ring (bicyclic) bond motifs is 1. The molecule has 0 saturated carbocycles. The molecule has 0 atom stereocenters. The van der Waals surface area contributed by atoms with Gasteiger partial charge in [-0.1, -0.05) is 29.0 Å².